The summed E-state index contributed by atoms with van der Waals surface area (Å²) in [6.07, 6.45) is 2.78. The molecule has 130 valence electrons. The van der Waals surface area contributed by atoms with E-state index in [2.05, 4.69) is 15.3 Å². The molecular formula is C16H12F4N4O. The van der Waals surface area contributed by atoms with E-state index in [-0.39, 0.29) is 18.2 Å². The third-order valence-electron chi connectivity index (χ3n) is 3.31. The SMILES string of the molecule is CC(F)(F)c1cc(-n2cc(COc3ncccc3F)nn2)ccc1F. The van der Waals surface area contributed by atoms with E-state index in [1.165, 1.54) is 35.3 Å². The normalized spacial score (nSPS) is 11.6. The molecule has 0 saturated carbocycles. The van der Waals surface area contributed by atoms with Crippen molar-refractivity contribution in [3.8, 4) is 11.6 Å². The zero-order valence-corrected chi connectivity index (χ0v) is 13.0. The minimum Gasteiger partial charge on any atom is -0.469 e. The Hall–Kier alpha value is -2.97. The maximum Gasteiger partial charge on any atom is 0.273 e. The van der Waals surface area contributed by atoms with Crippen LogP contribution in [0.5, 0.6) is 5.88 Å². The maximum absolute atomic E-state index is 13.5. The van der Waals surface area contributed by atoms with Gasteiger partial charge in [0.05, 0.1) is 17.4 Å². The second-order valence-electron chi connectivity index (χ2n) is 5.29. The number of ether oxygens (including phenoxy) is 1. The van der Waals surface area contributed by atoms with E-state index in [0.717, 1.165) is 12.1 Å². The van der Waals surface area contributed by atoms with Crippen LogP contribution in [0, 0.1) is 11.6 Å². The Balaban J connectivity index is 1.79. The molecule has 1 aromatic carbocycles. The van der Waals surface area contributed by atoms with Gasteiger partial charge in [0.2, 0.25) is 0 Å². The molecule has 5 nitrogen and oxygen atoms in total. The van der Waals surface area contributed by atoms with E-state index in [4.69, 9.17) is 4.74 Å². The fourth-order valence-electron chi connectivity index (χ4n) is 2.10. The van der Waals surface area contributed by atoms with Gasteiger partial charge in [0, 0.05) is 13.1 Å². The molecule has 25 heavy (non-hydrogen) atoms. The Morgan fingerprint density at radius 1 is 1.16 bits per heavy atom. The monoisotopic (exact) mass is 352 g/mol. The third-order valence-corrected chi connectivity index (χ3v) is 3.31. The first kappa shape index (κ1) is 16.9. The topological polar surface area (TPSA) is 52.8 Å². The van der Waals surface area contributed by atoms with Crippen molar-refractivity contribution in [1.82, 2.24) is 20.0 Å². The minimum absolute atomic E-state index is 0.119. The van der Waals surface area contributed by atoms with Gasteiger partial charge >= 0.3 is 0 Å². The molecule has 0 unspecified atom stereocenters. The molecule has 3 aromatic rings. The summed E-state index contributed by atoms with van der Waals surface area (Å²) in [7, 11) is 0. The number of pyridine rings is 1. The van der Waals surface area contributed by atoms with Crippen LogP contribution in [0.4, 0.5) is 17.6 Å². The number of hydrogen-bond donors (Lipinski definition) is 0. The van der Waals surface area contributed by atoms with Crippen LogP contribution in [0.25, 0.3) is 5.69 Å². The molecule has 0 atom stereocenters. The number of hydrogen-bond acceptors (Lipinski definition) is 4. The van der Waals surface area contributed by atoms with Crippen molar-refractivity contribution < 1.29 is 22.3 Å². The van der Waals surface area contributed by atoms with E-state index < -0.39 is 23.1 Å². The minimum atomic E-state index is -3.33. The predicted octanol–water partition coefficient (Wildman–Crippen LogP) is 3.63. The summed E-state index contributed by atoms with van der Waals surface area (Å²) in [6, 6.07) is 5.84. The Morgan fingerprint density at radius 2 is 1.96 bits per heavy atom. The van der Waals surface area contributed by atoms with Gasteiger partial charge in [-0.25, -0.2) is 27.2 Å². The zero-order valence-electron chi connectivity index (χ0n) is 13.0. The van der Waals surface area contributed by atoms with Gasteiger partial charge in [-0.15, -0.1) is 5.10 Å². The second-order valence-corrected chi connectivity index (χ2v) is 5.29. The average molecular weight is 352 g/mol. The van der Waals surface area contributed by atoms with Gasteiger partial charge < -0.3 is 4.74 Å². The smallest absolute Gasteiger partial charge is 0.273 e. The highest BCUT2D eigenvalue weighted by molar-refractivity contribution is 5.37. The first-order valence-corrected chi connectivity index (χ1v) is 7.17. The number of rotatable bonds is 5. The molecular weight excluding hydrogens is 340 g/mol. The molecule has 0 saturated heterocycles. The summed E-state index contributed by atoms with van der Waals surface area (Å²) in [6.45, 7) is 0.489. The van der Waals surface area contributed by atoms with Gasteiger partial charge in [-0.05, 0) is 30.3 Å². The first-order valence-electron chi connectivity index (χ1n) is 7.17. The van der Waals surface area contributed by atoms with Crippen LogP contribution in [0.2, 0.25) is 0 Å². The number of nitrogens with zero attached hydrogens (tertiary/aromatic N) is 4. The van der Waals surface area contributed by atoms with E-state index in [1.807, 2.05) is 0 Å². The van der Waals surface area contributed by atoms with Gasteiger partial charge in [-0.2, -0.15) is 0 Å². The lowest BCUT2D eigenvalue weighted by Crippen LogP contribution is -2.11. The maximum atomic E-state index is 13.5. The van der Waals surface area contributed by atoms with Crippen molar-refractivity contribution >= 4 is 0 Å². The van der Waals surface area contributed by atoms with Crippen LogP contribution >= 0.6 is 0 Å². The first-order chi connectivity index (χ1) is 11.8. The van der Waals surface area contributed by atoms with Crippen molar-refractivity contribution in [3.05, 3.63) is 65.6 Å². The molecule has 0 radical (unpaired) electrons. The Morgan fingerprint density at radius 3 is 2.68 bits per heavy atom. The highest BCUT2D eigenvalue weighted by Crippen LogP contribution is 2.30. The number of alkyl halides is 2. The van der Waals surface area contributed by atoms with Crippen LogP contribution in [0.1, 0.15) is 18.2 Å². The molecule has 0 spiro atoms. The van der Waals surface area contributed by atoms with Crippen molar-refractivity contribution in [1.29, 1.82) is 0 Å². The Bertz CT molecular complexity index is 892. The Kier molecular flexibility index (Phi) is 4.39. The predicted molar refractivity (Wildman–Crippen MR) is 79.4 cm³/mol. The van der Waals surface area contributed by atoms with Gasteiger partial charge in [0.15, 0.2) is 5.82 Å². The summed E-state index contributed by atoms with van der Waals surface area (Å²) in [5, 5.41) is 7.59. The Labute approximate surface area is 139 Å². The summed E-state index contributed by atoms with van der Waals surface area (Å²) in [5.41, 5.74) is -0.214. The quantitative estimate of drug-likeness (QED) is 0.658. The van der Waals surface area contributed by atoms with Crippen LogP contribution in [-0.4, -0.2) is 20.0 Å². The van der Waals surface area contributed by atoms with Crippen LogP contribution in [0.15, 0.2) is 42.7 Å². The third kappa shape index (κ3) is 3.76. The molecule has 0 aliphatic rings. The van der Waals surface area contributed by atoms with Gasteiger partial charge in [0.1, 0.15) is 18.1 Å². The van der Waals surface area contributed by atoms with Crippen molar-refractivity contribution in [3.63, 3.8) is 0 Å². The lowest BCUT2D eigenvalue weighted by Gasteiger charge is -2.12. The largest absolute Gasteiger partial charge is 0.469 e. The summed E-state index contributed by atoms with van der Waals surface area (Å²) < 4.78 is 60.2. The molecule has 0 fully saturated rings. The molecule has 0 bridgehead atoms. The van der Waals surface area contributed by atoms with Crippen molar-refractivity contribution in [2.75, 3.05) is 0 Å². The van der Waals surface area contributed by atoms with E-state index >= 15 is 0 Å². The molecule has 2 heterocycles. The van der Waals surface area contributed by atoms with Crippen LogP contribution < -0.4 is 4.74 Å². The summed E-state index contributed by atoms with van der Waals surface area (Å²) in [5.74, 6) is -5.15. The van der Waals surface area contributed by atoms with E-state index in [9.17, 15) is 17.6 Å². The highest BCUT2D eigenvalue weighted by Gasteiger charge is 2.28. The molecule has 2 aromatic heterocycles. The van der Waals surface area contributed by atoms with Crippen LogP contribution in [0.3, 0.4) is 0 Å². The fourth-order valence-corrected chi connectivity index (χ4v) is 2.10. The standard InChI is InChI=1S/C16H12F4N4O/c1-16(19,20)12-7-11(4-5-13(12)17)24-8-10(22-23-24)9-25-15-14(18)3-2-6-21-15/h2-8H,9H2,1H3. The summed E-state index contributed by atoms with van der Waals surface area (Å²) >= 11 is 0. The molecule has 3 rings (SSSR count). The van der Waals surface area contributed by atoms with Crippen LogP contribution in [-0.2, 0) is 12.5 Å². The van der Waals surface area contributed by atoms with E-state index in [0.29, 0.717) is 12.6 Å². The van der Waals surface area contributed by atoms with E-state index in [1.54, 1.807) is 0 Å². The second kappa shape index (κ2) is 6.50. The zero-order chi connectivity index (χ0) is 18.0. The van der Waals surface area contributed by atoms with Crippen molar-refractivity contribution in [2.24, 2.45) is 0 Å². The van der Waals surface area contributed by atoms with Gasteiger partial charge in [-0.1, -0.05) is 5.21 Å². The fraction of sp³-hybridized carbons (Fsp3) is 0.188. The number of benzene rings is 1. The lowest BCUT2D eigenvalue weighted by molar-refractivity contribution is 0.0137. The molecule has 0 aliphatic carbocycles. The van der Waals surface area contributed by atoms with Gasteiger partial charge in [-0.3, -0.25) is 0 Å². The van der Waals surface area contributed by atoms with Gasteiger partial charge in [0.25, 0.3) is 11.8 Å². The number of halogens is 4. The molecule has 0 aliphatic heterocycles. The molecule has 0 amide bonds. The van der Waals surface area contributed by atoms with Crippen molar-refractivity contribution in [2.45, 2.75) is 19.5 Å². The lowest BCUT2D eigenvalue weighted by atomic mass is 10.1. The highest BCUT2D eigenvalue weighted by atomic mass is 19.3. The molecule has 0 N–H and O–H groups in total. The number of aromatic nitrogens is 4. The average Bonchev–Trinajstić information content (AvgIpc) is 3.02. The summed E-state index contributed by atoms with van der Waals surface area (Å²) in [4.78, 5) is 3.73. The molecule has 9 heteroatoms.